The fraction of sp³-hybridized carbons (Fsp3) is 0.364. The lowest BCUT2D eigenvalue weighted by atomic mass is 10.1. The summed E-state index contributed by atoms with van der Waals surface area (Å²) >= 11 is 6.84. The zero-order chi connectivity index (χ0) is 11.4. The van der Waals surface area contributed by atoms with E-state index in [1.54, 1.807) is 6.92 Å². The van der Waals surface area contributed by atoms with Crippen molar-refractivity contribution < 1.29 is 9.53 Å². The number of aryl methyl sites for hydroxylation is 1. The number of ether oxygens (including phenoxy) is 1. The SMILES string of the molecule is CCOC(=O)Cc1c(C)cc(Br)cc1Br. The van der Waals surface area contributed by atoms with Gasteiger partial charge in [0, 0.05) is 8.95 Å². The Labute approximate surface area is 106 Å². The fourth-order valence-corrected chi connectivity index (χ4v) is 2.89. The molecule has 0 fully saturated rings. The van der Waals surface area contributed by atoms with Crippen LogP contribution in [0.25, 0.3) is 0 Å². The van der Waals surface area contributed by atoms with Crippen molar-refractivity contribution in [2.75, 3.05) is 6.61 Å². The fourth-order valence-electron chi connectivity index (χ4n) is 1.31. The van der Waals surface area contributed by atoms with E-state index >= 15 is 0 Å². The van der Waals surface area contributed by atoms with Crippen LogP contribution in [0.4, 0.5) is 0 Å². The molecular weight excluding hydrogens is 324 g/mol. The minimum Gasteiger partial charge on any atom is -0.466 e. The average Bonchev–Trinajstić information content (AvgIpc) is 2.11. The molecule has 0 radical (unpaired) electrons. The number of rotatable bonds is 3. The summed E-state index contributed by atoms with van der Waals surface area (Å²) in [4.78, 5) is 11.3. The minimum absolute atomic E-state index is 0.191. The van der Waals surface area contributed by atoms with Gasteiger partial charge in [-0.15, -0.1) is 0 Å². The van der Waals surface area contributed by atoms with Gasteiger partial charge in [-0.3, -0.25) is 4.79 Å². The summed E-state index contributed by atoms with van der Waals surface area (Å²) in [6.45, 7) is 4.21. The van der Waals surface area contributed by atoms with Crippen molar-refractivity contribution in [1.82, 2.24) is 0 Å². The molecule has 0 heterocycles. The summed E-state index contributed by atoms with van der Waals surface area (Å²) in [7, 11) is 0. The van der Waals surface area contributed by atoms with Crippen molar-refractivity contribution in [2.24, 2.45) is 0 Å². The predicted molar refractivity (Wildman–Crippen MR) is 66.9 cm³/mol. The lowest BCUT2D eigenvalue weighted by Crippen LogP contribution is -2.09. The Morgan fingerprint density at radius 1 is 1.40 bits per heavy atom. The topological polar surface area (TPSA) is 26.3 Å². The second kappa shape index (κ2) is 5.66. The number of benzene rings is 1. The van der Waals surface area contributed by atoms with E-state index in [0.717, 1.165) is 20.1 Å². The van der Waals surface area contributed by atoms with Crippen LogP contribution in [-0.4, -0.2) is 12.6 Å². The van der Waals surface area contributed by atoms with Gasteiger partial charge in [-0.25, -0.2) is 0 Å². The van der Waals surface area contributed by atoms with E-state index in [0.29, 0.717) is 13.0 Å². The molecule has 0 atom stereocenters. The molecule has 0 amide bonds. The highest BCUT2D eigenvalue weighted by Crippen LogP contribution is 2.26. The minimum atomic E-state index is -0.191. The van der Waals surface area contributed by atoms with Crippen LogP contribution in [-0.2, 0) is 16.0 Å². The Morgan fingerprint density at radius 3 is 2.60 bits per heavy atom. The van der Waals surface area contributed by atoms with E-state index in [9.17, 15) is 4.79 Å². The van der Waals surface area contributed by atoms with E-state index in [4.69, 9.17) is 4.74 Å². The second-order valence-corrected chi connectivity index (χ2v) is 4.93. The van der Waals surface area contributed by atoms with E-state index in [-0.39, 0.29) is 5.97 Å². The van der Waals surface area contributed by atoms with Crippen molar-refractivity contribution in [3.63, 3.8) is 0 Å². The molecule has 0 aromatic heterocycles. The summed E-state index contributed by atoms with van der Waals surface area (Å²) in [5, 5.41) is 0. The second-order valence-electron chi connectivity index (χ2n) is 3.16. The van der Waals surface area contributed by atoms with E-state index in [2.05, 4.69) is 31.9 Å². The molecule has 0 aliphatic rings. The van der Waals surface area contributed by atoms with Crippen molar-refractivity contribution in [3.8, 4) is 0 Å². The zero-order valence-electron chi connectivity index (χ0n) is 8.64. The average molecular weight is 336 g/mol. The third-order valence-corrected chi connectivity index (χ3v) is 3.18. The molecule has 0 aliphatic heterocycles. The predicted octanol–water partition coefficient (Wildman–Crippen LogP) is 3.63. The number of hydrogen-bond donors (Lipinski definition) is 0. The van der Waals surface area contributed by atoms with Gasteiger partial charge >= 0.3 is 5.97 Å². The number of carbonyl (C=O) groups excluding carboxylic acids is 1. The van der Waals surface area contributed by atoms with Gasteiger partial charge in [0.25, 0.3) is 0 Å². The van der Waals surface area contributed by atoms with Gasteiger partial charge in [0.2, 0.25) is 0 Å². The van der Waals surface area contributed by atoms with Gasteiger partial charge in [-0.2, -0.15) is 0 Å². The first kappa shape index (κ1) is 12.7. The van der Waals surface area contributed by atoms with Crippen LogP contribution in [0, 0.1) is 6.92 Å². The van der Waals surface area contributed by atoms with Gasteiger partial charge in [-0.1, -0.05) is 31.9 Å². The maximum absolute atomic E-state index is 11.3. The third kappa shape index (κ3) is 3.61. The van der Waals surface area contributed by atoms with Crippen molar-refractivity contribution in [1.29, 1.82) is 0 Å². The highest BCUT2D eigenvalue weighted by molar-refractivity contribution is 9.11. The van der Waals surface area contributed by atoms with Crippen LogP contribution in [0.3, 0.4) is 0 Å². The molecule has 0 spiro atoms. The smallest absolute Gasteiger partial charge is 0.310 e. The van der Waals surface area contributed by atoms with E-state index < -0.39 is 0 Å². The lowest BCUT2D eigenvalue weighted by molar-refractivity contribution is -0.142. The zero-order valence-corrected chi connectivity index (χ0v) is 11.8. The van der Waals surface area contributed by atoms with Crippen molar-refractivity contribution in [2.45, 2.75) is 20.3 Å². The summed E-state index contributed by atoms with van der Waals surface area (Å²) in [5.74, 6) is -0.191. The van der Waals surface area contributed by atoms with Crippen molar-refractivity contribution >= 4 is 37.8 Å². The van der Waals surface area contributed by atoms with Gasteiger partial charge in [0.05, 0.1) is 13.0 Å². The normalized spacial score (nSPS) is 10.1. The lowest BCUT2D eigenvalue weighted by Gasteiger charge is -2.08. The van der Waals surface area contributed by atoms with Gasteiger partial charge < -0.3 is 4.74 Å². The first-order valence-corrected chi connectivity index (χ1v) is 6.23. The molecule has 0 unspecified atom stereocenters. The van der Waals surface area contributed by atoms with Crippen LogP contribution < -0.4 is 0 Å². The highest BCUT2D eigenvalue weighted by Gasteiger charge is 2.10. The van der Waals surface area contributed by atoms with Crippen LogP contribution in [0.2, 0.25) is 0 Å². The standard InChI is InChI=1S/C11H12Br2O2/c1-3-15-11(14)6-9-7(2)4-8(12)5-10(9)13/h4-5H,3,6H2,1-2H3. The molecule has 1 rings (SSSR count). The maximum atomic E-state index is 11.3. The number of hydrogen-bond acceptors (Lipinski definition) is 2. The quantitative estimate of drug-likeness (QED) is 0.788. The Morgan fingerprint density at radius 2 is 2.07 bits per heavy atom. The first-order valence-electron chi connectivity index (χ1n) is 4.64. The monoisotopic (exact) mass is 334 g/mol. The van der Waals surface area contributed by atoms with Crippen LogP contribution in [0.15, 0.2) is 21.1 Å². The van der Waals surface area contributed by atoms with Crippen LogP contribution in [0.5, 0.6) is 0 Å². The van der Waals surface area contributed by atoms with Crippen molar-refractivity contribution in [3.05, 3.63) is 32.2 Å². The first-order chi connectivity index (χ1) is 7.04. The van der Waals surface area contributed by atoms with Crippen LogP contribution in [0.1, 0.15) is 18.1 Å². The van der Waals surface area contributed by atoms with Gasteiger partial charge in [-0.05, 0) is 37.1 Å². The molecule has 0 N–H and O–H groups in total. The number of esters is 1. The molecule has 0 saturated heterocycles. The van der Waals surface area contributed by atoms with E-state index in [1.165, 1.54) is 0 Å². The van der Waals surface area contributed by atoms with Gasteiger partial charge in [0.15, 0.2) is 0 Å². The number of carbonyl (C=O) groups is 1. The molecule has 0 saturated carbocycles. The summed E-state index contributed by atoms with van der Waals surface area (Å²) < 4.78 is 6.85. The Bertz CT molecular complexity index is 352. The van der Waals surface area contributed by atoms with Crippen LogP contribution >= 0.6 is 31.9 Å². The molecule has 15 heavy (non-hydrogen) atoms. The summed E-state index contributed by atoms with van der Waals surface area (Å²) in [6, 6.07) is 3.92. The molecule has 2 nitrogen and oxygen atoms in total. The summed E-state index contributed by atoms with van der Waals surface area (Å²) in [5.41, 5.74) is 2.06. The molecule has 4 heteroatoms. The molecule has 1 aromatic carbocycles. The molecule has 82 valence electrons. The Hall–Kier alpha value is -0.350. The number of halogens is 2. The largest absolute Gasteiger partial charge is 0.466 e. The summed E-state index contributed by atoms with van der Waals surface area (Å²) in [6.07, 6.45) is 0.313. The maximum Gasteiger partial charge on any atom is 0.310 e. The van der Waals surface area contributed by atoms with Gasteiger partial charge in [0.1, 0.15) is 0 Å². The molecular formula is C11H12Br2O2. The Kier molecular flexibility index (Phi) is 4.80. The molecule has 0 bridgehead atoms. The highest BCUT2D eigenvalue weighted by atomic mass is 79.9. The Balaban J connectivity index is 2.90. The van der Waals surface area contributed by atoms with E-state index in [1.807, 2.05) is 19.1 Å². The third-order valence-electron chi connectivity index (χ3n) is 2.01. The molecule has 1 aromatic rings. The molecule has 0 aliphatic carbocycles.